The summed E-state index contributed by atoms with van der Waals surface area (Å²) < 4.78 is 2.02. The van der Waals surface area contributed by atoms with Gasteiger partial charge in [0.05, 0.1) is 23.1 Å². The Bertz CT molecular complexity index is 555. The first-order valence-corrected chi connectivity index (χ1v) is 6.00. The van der Waals surface area contributed by atoms with Crippen LogP contribution < -0.4 is 4.90 Å². The molecule has 1 aliphatic rings. The SMILES string of the molecule is CCC1(O)CN(c2cccc3c2ncn3C)C1. The number of aryl methyl sites for hydroxylation is 1. The lowest BCUT2D eigenvalue weighted by Crippen LogP contribution is -2.61. The molecule has 1 N–H and O–H groups in total. The Morgan fingerprint density at radius 1 is 1.41 bits per heavy atom. The molecule has 2 aromatic rings. The number of hydrogen-bond acceptors (Lipinski definition) is 3. The quantitative estimate of drug-likeness (QED) is 0.852. The van der Waals surface area contributed by atoms with E-state index in [4.69, 9.17) is 0 Å². The van der Waals surface area contributed by atoms with Gasteiger partial charge in [-0.15, -0.1) is 0 Å². The minimum absolute atomic E-state index is 0.503. The van der Waals surface area contributed by atoms with Crippen molar-refractivity contribution >= 4 is 16.7 Å². The van der Waals surface area contributed by atoms with E-state index in [-0.39, 0.29) is 0 Å². The molecule has 1 fully saturated rings. The van der Waals surface area contributed by atoms with Gasteiger partial charge in [0.1, 0.15) is 5.52 Å². The van der Waals surface area contributed by atoms with Crippen LogP contribution in [0.2, 0.25) is 0 Å². The second-order valence-corrected chi connectivity index (χ2v) is 4.93. The van der Waals surface area contributed by atoms with E-state index in [1.165, 1.54) is 0 Å². The Morgan fingerprint density at radius 2 is 2.18 bits per heavy atom. The van der Waals surface area contributed by atoms with Gasteiger partial charge in [0, 0.05) is 20.1 Å². The Labute approximate surface area is 100 Å². The molecule has 3 rings (SSSR count). The van der Waals surface area contributed by atoms with Crippen LogP contribution in [0.1, 0.15) is 13.3 Å². The number of para-hydroxylation sites is 1. The van der Waals surface area contributed by atoms with E-state index in [9.17, 15) is 5.11 Å². The van der Waals surface area contributed by atoms with Crippen LogP contribution >= 0.6 is 0 Å². The maximum atomic E-state index is 10.1. The van der Waals surface area contributed by atoms with Gasteiger partial charge in [0.15, 0.2) is 0 Å². The Balaban J connectivity index is 1.97. The molecule has 1 aromatic heterocycles. The van der Waals surface area contributed by atoms with Gasteiger partial charge in [-0.2, -0.15) is 0 Å². The highest BCUT2D eigenvalue weighted by molar-refractivity contribution is 5.89. The van der Waals surface area contributed by atoms with E-state index in [1.54, 1.807) is 0 Å². The van der Waals surface area contributed by atoms with Crippen LogP contribution in [-0.4, -0.2) is 33.3 Å². The Kier molecular flexibility index (Phi) is 2.16. The van der Waals surface area contributed by atoms with Crippen LogP contribution in [0.5, 0.6) is 0 Å². The molecule has 0 bridgehead atoms. The molecular weight excluding hydrogens is 214 g/mol. The minimum atomic E-state index is -0.503. The number of benzene rings is 1. The fraction of sp³-hybridized carbons (Fsp3) is 0.462. The highest BCUT2D eigenvalue weighted by Crippen LogP contribution is 2.33. The van der Waals surface area contributed by atoms with Crippen LogP contribution in [0.25, 0.3) is 11.0 Å². The van der Waals surface area contributed by atoms with Gasteiger partial charge in [-0.3, -0.25) is 0 Å². The first-order valence-electron chi connectivity index (χ1n) is 6.00. The number of anilines is 1. The number of hydrogen-bond donors (Lipinski definition) is 1. The van der Waals surface area contributed by atoms with Crippen LogP contribution in [-0.2, 0) is 7.05 Å². The summed E-state index contributed by atoms with van der Waals surface area (Å²) >= 11 is 0. The average Bonchev–Trinajstić information content (AvgIpc) is 2.67. The van der Waals surface area contributed by atoms with Crippen molar-refractivity contribution in [3.05, 3.63) is 24.5 Å². The molecule has 0 amide bonds. The van der Waals surface area contributed by atoms with Gasteiger partial charge in [-0.1, -0.05) is 13.0 Å². The maximum Gasteiger partial charge on any atom is 0.112 e. The molecule has 17 heavy (non-hydrogen) atoms. The third kappa shape index (κ3) is 1.52. The molecule has 90 valence electrons. The fourth-order valence-electron chi connectivity index (χ4n) is 2.46. The molecule has 0 spiro atoms. The molecule has 4 nitrogen and oxygen atoms in total. The van der Waals surface area contributed by atoms with Crippen molar-refractivity contribution in [3.8, 4) is 0 Å². The lowest BCUT2D eigenvalue weighted by Gasteiger charge is -2.47. The summed E-state index contributed by atoms with van der Waals surface area (Å²) in [4.78, 5) is 6.63. The van der Waals surface area contributed by atoms with Crippen molar-refractivity contribution in [2.24, 2.45) is 7.05 Å². The predicted molar refractivity (Wildman–Crippen MR) is 68.2 cm³/mol. The number of fused-ring (bicyclic) bond motifs is 1. The van der Waals surface area contributed by atoms with Gasteiger partial charge < -0.3 is 14.6 Å². The van der Waals surface area contributed by atoms with Crippen molar-refractivity contribution in [1.82, 2.24) is 9.55 Å². The van der Waals surface area contributed by atoms with Crippen LogP contribution in [0.3, 0.4) is 0 Å². The molecule has 4 heteroatoms. The monoisotopic (exact) mass is 231 g/mol. The zero-order chi connectivity index (χ0) is 12.0. The molecule has 0 unspecified atom stereocenters. The predicted octanol–water partition coefficient (Wildman–Crippen LogP) is 1.53. The van der Waals surface area contributed by atoms with Crippen LogP contribution in [0.4, 0.5) is 5.69 Å². The molecule has 0 saturated carbocycles. The molecule has 1 saturated heterocycles. The van der Waals surface area contributed by atoms with Crippen LogP contribution in [0, 0.1) is 0 Å². The molecule has 2 heterocycles. The second kappa shape index (κ2) is 3.47. The number of rotatable bonds is 2. The number of aromatic nitrogens is 2. The van der Waals surface area contributed by atoms with Crippen molar-refractivity contribution in [3.63, 3.8) is 0 Å². The van der Waals surface area contributed by atoms with E-state index < -0.39 is 5.60 Å². The topological polar surface area (TPSA) is 41.3 Å². The zero-order valence-electron chi connectivity index (χ0n) is 10.2. The number of imidazole rings is 1. The normalized spacial score (nSPS) is 18.4. The first kappa shape index (κ1) is 10.6. The summed E-state index contributed by atoms with van der Waals surface area (Å²) in [5.41, 5.74) is 2.78. The van der Waals surface area contributed by atoms with E-state index in [2.05, 4.69) is 22.0 Å². The smallest absolute Gasteiger partial charge is 0.112 e. The summed E-state index contributed by atoms with van der Waals surface area (Å²) in [7, 11) is 2.00. The van der Waals surface area contributed by atoms with Crippen molar-refractivity contribution in [1.29, 1.82) is 0 Å². The van der Waals surface area contributed by atoms with E-state index in [0.717, 1.165) is 23.1 Å². The van der Waals surface area contributed by atoms with Crippen molar-refractivity contribution < 1.29 is 5.11 Å². The third-order valence-electron chi connectivity index (χ3n) is 3.70. The lowest BCUT2D eigenvalue weighted by atomic mass is 9.90. The Hall–Kier alpha value is -1.55. The largest absolute Gasteiger partial charge is 0.386 e. The third-order valence-corrected chi connectivity index (χ3v) is 3.70. The second-order valence-electron chi connectivity index (χ2n) is 4.93. The lowest BCUT2D eigenvalue weighted by molar-refractivity contribution is 0.00868. The summed E-state index contributed by atoms with van der Waals surface area (Å²) in [5, 5.41) is 10.1. The zero-order valence-corrected chi connectivity index (χ0v) is 10.2. The molecule has 0 aliphatic carbocycles. The summed E-state index contributed by atoms with van der Waals surface area (Å²) in [6.45, 7) is 3.44. The molecule has 0 radical (unpaired) electrons. The number of β-amino-alcohol motifs (C(OH)–C–C–N with tert-alkyl or cyclic N) is 1. The van der Waals surface area contributed by atoms with Gasteiger partial charge in [0.2, 0.25) is 0 Å². The number of aliphatic hydroxyl groups is 1. The molecule has 1 aliphatic heterocycles. The fourth-order valence-corrected chi connectivity index (χ4v) is 2.46. The van der Waals surface area contributed by atoms with Gasteiger partial charge in [-0.25, -0.2) is 4.98 Å². The van der Waals surface area contributed by atoms with E-state index >= 15 is 0 Å². The molecular formula is C13H17N3O. The summed E-state index contributed by atoms with van der Waals surface area (Å²) in [5.74, 6) is 0. The van der Waals surface area contributed by atoms with E-state index in [1.807, 2.05) is 30.9 Å². The summed E-state index contributed by atoms with van der Waals surface area (Å²) in [6.07, 6.45) is 2.64. The van der Waals surface area contributed by atoms with E-state index in [0.29, 0.717) is 13.1 Å². The number of nitrogens with zero attached hydrogens (tertiary/aromatic N) is 3. The van der Waals surface area contributed by atoms with Gasteiger partial charge in [0.25, 0.3) is 0 Å². The molecule has 0 atom stereocenters. The molecule has 1 aromatic carbocycles. The standard InChI is InChI=1S/C13H17N3O/c1-3-13(17)7-16(8-13)11-6-4-5-10-12(11)14-9-15(10)2/h4-6,9,17H,3,7-8H2,1-2H3. The van der Waals surface area contributed by atoms with Crippen molar-refractivity contribution in [2.75, 3.05) is 18.0 Å². The van der Waals surface area contributed by atoms with Crippen molar-refractivity contribution in [2.45, 2.75) is 18.9 Å². The summed E-state index contributed by atoms with van der Waals surface area (Å²) in [6, 6.07) is 6.19. The highest BCUT2D eigenvalue weighted by atomic mass is 16.3. The first-order chi connectivity index (χ1) is 8.13. The minimum Gasteiger partial charge on any atom is -0.386 e. The Morgan fingerprint density at radius 3 is 2.88 bits per heavy atom. The van der Waals surface area contributed by atoms with Gasteiger partial charge >= 0.3 is 0 Å². The maximum absolute atomic E-state index is 10.1. The van der Waals surface area contributed by atoms with Gasteiger partial charge in [-0.05, 0) is 18.6 Å². The highest BCUT2D eigenvalue weighted by Gasteiger charge is 2.40. The average molecular weight is 231 g/mol. The van der Waals surface area contributed by atoms with Crippen LogP contribution in [0.15, 0.2) is 24.5 Å².